The molecular formula is C19H11ClIN. The molecule has 0 fully saturated rings. The Bertz CT molecular complexity index is 887. The van der Waals surface area contributed by atoms with Crippen molar-refractivity contribution < 1.29 is 0 Å². The van der Waals surface area contributed by atoms with Crippen LogP contribution in [0.5, 0.6) is 0 Å². The first-order chi connectivity index (χ1) is 10.8. The Kier molecular flexibility index (Phi) is 2.71. The minimum Gasteiger partial charge on any atom is -0.259 e. The molecule has 22 heavy (non-hydrogen) atoms. The van der Waals surface area contributed by atoms with Gasteiger partial charge in [0.15, 0.2) is 0 Å². The summed E-state index contributed by atoms with van der Waals surface area (Å²) in [4.78, 5) is 4.77. The molecule has 2 bridgehead atoms. The van der Waals surface area contributed by atoms with Crippen LogP contribution in [0.15, 0.2) is 54.7 Å². The van der Waals surface area contributed by atoms with Crippen LogP contribution >= 0.6 is 34.2 Å². The van der Waals surface area contributed by atoms with Gasteiger partial charge in [-0.2, -0.15) is 0 Å². The van der Waals surface area contributed by atoms with Gasteiger partial charge in [-0.05, 0) is 44.8 Å². The first kappa shape index (κ1) is 13.1. The van der Waals surface area contributed by atoms with E-state index in [9.17, 15) is 0 Å². The van der Waals surface area contributed by atoms with Crippen molar-refractivity contribution in [3.05, 3.63) is 96.8 Å². The van der Waals surface area contributed by atoms with Crippen LogP contribution in [-0.4, -0.2) is 4.98 Å². The predicted octanol–water partition coefficient (Wildman–Crippen LogP) is 5.33. The molecule has 0 saturated carbocycles. The zero-order chi connectivity index (χ0) is 14.8. The summed E-state index contributed by atoms with van der Waals surface area (Å²) < 4.78 is 1.03. The molecule has 0 N–H and O–H groups in total. The van der Waals surface area contributed by atoms with Gasteiger partial charge >= 0.3 is 0 Å². The van der Waals surface area contributed by atoms with Gasteiger partial charge in [-0.3, -0.25) is 4.98 Å². The van der Waals surface area contributed by atoms with Crippen LogP contribution in [0.4, 0.5) is 0 Å². The van der Waals surface area contributed by atoms with E-state index in [1.165, 1.54) is 27.8 Å². The van der Waals surface area contributed by atoms with E-state index in [1.807, 2.05) is 6.20 Å². The Morgan fingerprint density at radius 3 is 1.86 bits per heavy atom. The van der Waals surface area contributed by atoms with Crippen molar-refractivity contribution in [2.75, 3.05) is 0 Å². The Balaban J connectivity index is 1.94. The summed E-state index contributed by atoms with van der Waals surface area (Å²) in [5.41, 5.74) is 7.85. The van der Waals surface area contributed by atoms with Gasteiger partial charge in [0.25, 0.3) is 0 Å². The highest BCUT2D eigenvalue weighted by atomic mass is 127. The number of hydrogen-bond acceptors (Lipinski definition) is 1. The second-order valence-electron chi connectivity index (χ2n) is 5.84. The van der Waals surface area contributed by atoms with Crippen LogP contribution in [0, 0.1) is 3.57 Å². The normalized spacial score (nSPS) is 20.3. The number of nitrogens with zero attached hydrogens (tertiary/aromatic N) is 1. The smallest absolute Gasteiger partial charge is 0.0615 e. The van der Waals surface area contributed by atoms with E-state index in [4.69, 9.17) is 16.6 Å². The lowest BCUT2D eigenvalue weighted by Gasteiger charge is -2.41. The highest BCUT2D eigenvalue weighted by Crippen LogP contribution is 2.56. The van der Waals surface area contributed by atoms with E-state index in [-0.39, 0.29) is 11.8 Å². The number of benzene rings is 2. The van der Waals surface area contributed by atoms with Crippen LogP contribution in [0.25, 0.3) is 0 Å². The highest BCUT2D eigenvalue weighted by Gasteiger charge is 2.43. The highest BCUT2D eigenvalue weighted by molar-refractivity contribution is 14.1. The number of aromatic nitrogens is 1. The van der Waals surface area contributed by atoms with Crippen molar-refractivity contribution in [1.82, 2.24) is 4.98 Å². The van der Waals surface area contributed by atoms with E-state index in [1.54, 1.807) is 0 Å². The average molecular weight is 416 g/mol. The molecule has 0 spiro atoms. The van der Waals surface area contributed by atoms with Crippen molar-refractivity contribution in [3.63, 3.8) is 0 Å². The molecule has 1 nitrogen and oxygen atoms in total. The van der Waals surface area contributed by atoms with E-state index < -0.39 is 0 Å². The Morgan fingerprint density at radius 2 is 1.32 bits per heavy atom. The molecule has 3 aliphatic rings. The summed E-state index contributed by atoms with van der Waals surface area (Å²) in [7, 11) is 0. The molecule has 0 unspecified atom stereocenters. The Labute approximate surface area is 147 Å². The average Bonchev–Trinajstić information content (AvgIpc) is 2.58. The zero-order valence-electron chi connectivity index (χ0n) is 11.6. The lowest BCUT2D eigenvalue weighted by Crippen LogP contribution is -2.29. The topological polar surface area (TPSA) is 12.9 Å². The van der Waals surface area contributed by atoms with Crippen LogP contribution in [0.1, 0.15) is 45.3 Å². The summed E-state index contributed by atoms with van der Waals surface area (Å²) in [5.74, 6) is 0.420. The molecule has 2 aromatic carbocycles. The predicted molar refractivity (Wildman–Crippen MR) is 96.7 cm³/mol. The molecule has 106 valence electrons. The van der Waals surface area contributed by atoms with Crippen LogP contribution in [0.2, 0.25) is 5.02 Å². The van der Waals surface area contributed by atoms with Gasteiger partial charge in [0, 0.05) is 17.7 Å². The summed E-state index contributed by atoms with van der Waals surface area (Å²) in [5, 5.41) is 0.865. The summed E-state index contributed by atoms with van der Waals surface area (Å²) >= 11 is 8.97. The molecule has 3 aliphatic carbocycles. The van der Waals surface area contributed by atoms with Crippen molar-refractivity contribution in [2.24, 2.45) is 0 Å². The van der Waals surface area contributed by atoms with Gasteiger partial charge in [0.05, 0.1) is 20.2 Å². The molecule has 0 aliphatic heterocycles. The van der Waals surface area contributed by atoms with E-state index >= 15 is 0 Å². The zero-order valence-corrected chi connectivity index (χ0v) is 14.5. The summed E-state index contributed by atoms with van der Waals surface area (Å²) in [6.07, 6.45) is 1.90. The van der Waals surface area contributed by atoms with Gasteiger partial charge < -0.3 is 0 Å². The fraction of sp³-hybridized carbons (Fsp3) is 0.105. The van der Waals surface area contributed by atoms with Gasteiger partial charge in [-0.25, -0.2) is 0 Å². The summed E-state index contributed by atoms with van der Waals surface area (Å²) in [6, 6.07) is 17.4. The van der Waals surface area contributed by atoms with Crippen LogP contribution < -0.4 is 0 Å². The lowest BCUT2D eigenvalue weighted by atomic mass is 9.63. The van der Waals surface area contributed by atoms with Crippen molar-refractivity contribution in [2.45, 2.75) is 11.8 Å². The SMILES string of the molecule is Clc1c(I)cnc2c1C1c3ccccc3C2c2ccccc21. The lowest BCUT2D eigenvalue weighted by molar-refractivity contribution is 0.726. The van der Waals surface area contributed by atoms with Crippen LogP contribution in [-0.2, 0) is 0 Å². The number of halogens is 2. The molecule has 0 radical (unpaired) electrons. The third kappa shape index (κ3) is 1.52. The Hall–Kier alpha value is -1.39. The van der Waals surface area contributed by atoms with E-state index in [0.29, 0.717) is 0 Å². The van der Waals surface area contributed by atoms with Gasteiger partial charge in [-0.1, -0.05) is 60.1 Å². The molecule has 6 rings (SSSR count). The van der Waals surface area contributed by atoms with E-state index in [2.05, 4.69) is 71.1 Å². The third-order valence-corrected chi connectivity index (χ3v) is 6.38. The largest absolute Gasteiger partial charge is 0.259 e. The van der Waals surface area contributed by atoms with Crippen molar-refractivity contribution in [3.8, 4) is 0 Å². The molecule has 1 aromatic heterocycles. The maximum Gasteiger partial charge on any atom is 0.0615 e. The molecule has 1 heterocycles. The number of pyridine rings is 1. The minimum atomic E-state index is 0.210. The molecular weight excluding hydrogens is 405 g/mol. The monoisotopic (exact) mass is 415 g/mol. The van der Waals surface area contributed by atoms with Gasteiger partial charge in [-0.15, -0.1) is 0 Å². The number of rotatable bonds is 0. The second kappa shape index (κ2) is 4.56. The molecule has 0 saturated heterocycles. The van der Waals surface area contributed by atoms with Crippen molar-refractivity contribution >= 4 is 34.2 Å². The molecule has 0 atom stereocenters. The second-order valence-corrected chi connectivity index (χ2v) is 7.38. The molecule has 3 heteroatoms. The minimum absolute atomic E-state index is 0.210. The Morgan fingerprint density at radius 1 is 0.818 bits per heavy atom. The summed E-state index contributed by atoms with van der Waals surface area (Å²) in [6.45, 7) is 0. The first-order valence-electron chi connectivity index (χ1n) is 7.29. The maximum absolute atomic E-state index is 6.69. The maximum atomic E-state index is 6.69. The number of hydrogen-bond donors (Lipinski definition) is 0. The molecule has 0 amide bonds. The van der Waals surface area contributed by atoms with Crippen LogP contribution in [0.3, 0.4) is 0 Å². The van der Waals surface area contributed by atoms with E-state index in [0.717, 1.165) is 14.3 Å². The molecule has 3 aromatic rings. The van der Waals surface area contributed by atoms with Gasteiger partial charge in [0.1, 0.15) is 0 Å². The quantitative estimate of drug-likeness (QED) is 0.312. The van der Waals surface area contributed by atoms with Gasteiger partial charge in [0.2, 0.25) is 0 Å². The fourth-order valence-corrected chi connectivity index (χ4v) is 4.70. The third-order valence-electron chi connectivity index (χ3n) is 4.84. The fourth-order valence-electron chi connectivity index (χ4n) is 4.01. The standard InChI is InChI=1S/C19H11ClIN/c20-18-14(21)9-22-19-16-12-7-3-1-5-10(12)15(17(18)19)11-6-2-4-8-13(11)16/h1-9,15-16H. The first-order valence-corrected chi connectivity index (χ1v) is 8.74. The van der Waals surface area contributed by atoms with Crippen molar-refractivity contribution in [1.29, 1.82) is 0 Å².